The van der Waals surface area contributed by atoms with Gasteiger partial charge in [0.15, 0.2) is 5.13 Å². The molecule has 1 heterocycles. The van der Waals surface area contributed by atoms with Crippen molar-refractivity contribution in [3.63, 3.8) is 0 Å². The van der Waals surface area contributed by atoms with Crippen molar-refractivity contribution in [1.29, 1.82) is 0 Å². The SMILES string of the molecule is CCOC(=O)CCC(=O)Nc1ncc(C(C)C)s1. The molecule has 1 aromatic rings. The molecule has 100 valence electrons. The van der Waals surface area contributed by atoms with Crippen molar-refractivity contribution >= 4 is 28.3 Å². The summed E-state index contributed by atoms with van der Waals surface area (Å²) in [5, 5.41) is 3.25. The standard InChI is InChI=1S/C12H18N2O3S/c1-4-17-11(16)6-5-10(15)14-12-13-7-9(18-12)8(2)3/h7-8H,4-6H2,1-3H3,(H,13,14,15). The minimum absolute atomic E-state index is 0.0993. The molecule has 0 fully saturated rings. The Morgan fingerprint density at radius 2 is 2.17 bits per heavy atom. The van der Waals surface area contributed by atoms with Crippen LogP contribution in [0.5, 0.6) is 0 Å². The molecule has 0 aliphatic rings. The molecule has 0 unspecified atom stereocenters. The van der Waals surface area contributed by atoms with E-state index in [2.05, 4.69) is 24.1 Å². The van der Waals surface area contributed by atoms with Crippen molar-refractivity contribution < 1.29 is 14.3 Å². The number of hydrogen-bond acceptors (Lipinski definition) is 5. The summed E-state index contributed by atoms with van der Waals surface area (Å²) >= 11 is 1.45. The van der Waals surface area contributed by atoms with E-state index in [1.807, 2.05) is 0 Å². The van der Waals surface area contributed by atoms with Crippen LogP contribution in [0.1, 0.15) is 44.4 Å². The zero-order valence-electron chi connectivity index (χ0n) is 10.9. The van der Waals surface area contributed by atoms with E-state index in [9.17, 15) is 9.59 Å². The Bertz CT molecular complexity index is 415. The second-order valence-corrected chi connectivity index (χ2v) is 5.14. The summed E-state index contributed by atoms with van der Waals surface area (Å²) in [5.74, 6) is -0.171. The van der Waals surface area contributed by atoms with Crippen molar-refractivity contribution in [3.8, 4) is 0 Å². The number of nitrogens with one attached hydrogen (secondary N) is 1. The van der Waals surface area contributed by atoms with Crippen LogP contribution in [0.15, 0.2) is 6.20 Å². The third-order valence-corrected chi connectivity index (χ3v) is 3.41. The number of anilines is 1. The second kappa shape index (κ2) is 7.10. The summed E-state index contributed by atoms with van der Waals surface area (Å²) in [6.45, 7) is 6.21. The molecule has 6 heteroatoms. The number of ether oxygens (including phenoxy) is 1. The van der Waals surface area contributed by atoms with Gasteiger partial charge >= 0.3 is 5.97 Å². The first kappa shape index (κ1) is 14.6. The Balaban J connectivity index is 2.37. The van der Waals surface area contributed by atoms with Crippen LogP contribution in [0.3, 0.4) is 0 Å². The Kier molecular flexibility index (Phi) is 5.77. The average Bonchev–Trinajstić information content (AvgIpc) is 2.75. The number of amides is 1. The molecule has 1 amide bonds. The largest absolute Gasteiger partial charge is 0.466 e. The van der Waals surface area contributed by atoms with Gasteiger partial charge < -0.3 is 10.1 Å². The quantitative estimate of drug-likeness (QED) is 0.807. The lowest BCUT2D eigenvalue weighted by Gasteiger charge is -2.02. The molecule has 0 radical (unpaired) electrons. The number of aromatic nitrogens is 1. The van der Waals surface area contributed by atoms with Gasteiger partial charge in [0, 0.05) is 17.5 Å². The predicted molar refractivity (Wildman–Crippen MR) is 70.7 cm³/mol. The van der Waals surface area contributed by atoms with E-state index < -0.39 is 0 Å². The van der Waals surface area contributed by atoms with Crippen molar-refractivity contribution in [3.05, 3.63) is 11.1 Å². The summed E-state index contributed by atoms with van der Waals surface area (Å²) in [5.41, 5.74) is 0. The predicted octanol–water partition coefficient (Wildman–Crippen LogP) is 2.55. The Labute approximate surface area is 111 Å². The summed E-state index contributed by atoms with van der Waals surface area (Å²) in [7, 11) is 0. The van der Waals surface area contributed by atoms with Gasteiger partial charge in [-0.15, -0.1) is 11.3 Å². The number of hydrogen-bond donors (Lipinski definition) is 1. The maximum absolute atomic E-state index is 11.5. The van der Waals surface area contributed by atoms with Crippen molar-refractivity contribution in [1.82, 2.24) is 4.98 Å². The van der Waals surface area contributed by atoms with Crippen molar-refractivity contribution in [2.75, 3.05) is 11.9 Å². The van der Waals surface area contributed by atoms with E-state index in [-0.39, 0.29) is 24.7 Å². The molecular weight excluding hydrogens is 252 g/mol. The average molecular weight is 270 g/mol. The van der Waals surface area contributed by atoms with Crippen LogP contribution in [0.25, 0.3) is 0 Å². The fraction of sp³-hybridized carbons (Fsp3) is 0.583. The first-order chi connectivity index (χ1) is 8.52. The van der Waals surface area contributed by atoms with E-state index in [0.717, 1.165) is 4.88 Å². The first-order valence-corrected chi connectivity index (χ1v) is 6.75. The number of carbonyl (C=O) groups is 2. The molecule has 1 N–H and O–H groups in total. The maximum Gasteiger partial charge on any atom is 0.306 e. The minimum Gasteiger partial charge on any atom is -0.466 e. The third kappa shape index (κ3) is 4.83. The summed E-state index contributed by atoms with van der Waals surface area (Å²) in [6.07, 6.45) is 1.98. The Morgan fingerprint density at radius 1 is 1.44 bits per heavy atom. The maximum atomic E-state index is 11.5. The monoisotopic (exact) mass is 270 g/mol. The molecule has 0 atom stereocenters. The summed E-state index contributed by atoms with van der Waals surface area (Å²) in [6, 6.07) is 0. The molecular formula is C12H18N2O3S. The molecule has 0 saturated carbocycles. The first-order valence-electron chi connectivity index (χ1n) is 5.94. The van der Waals surface area contributed by atoms with Gasteiger partial charge in [0.2, 0.25) is 5.91 Å². The number of carbonyl (C=O) groups excluding carboxylic acids is 2. The van der Waals surface area contributed by atoms with E-state index in [4.69, 9.17) is 4.74 Å². The van der Waals surface area contributed by atoms with Gasteiger partial charge in [0.05, 0.1) is 13.0 Å². The molecule has 0 aromatic carbocycles. The highest BCUT2D eigenvalue weighted by Crippen LogP contribution is 2.25. The summed E-state index contributed by atoms with van der Waals surface area (Å²) < 4.78 is 4.75. The lowest BCUT2D eigenvalue weighted by atomic mass is 10.2. The van der Waals surface area contributed by atoms with Gasteiger partial charge in [0.25, 0.3) is 0 Å². The zero-order chi connectivity index (χ0) is 13.5. The van der Waals surface area contributed by atoms with Crippen LogP contribution in [0.4, 0.5) is 5.13 Å². The number of nitrogens with zero attached hydrogens (tertiary/aromatic N) is 1. The van der Waals surface area contributed by atoms with Gasteiger partial charge in [-0.1, -0.05) is 13.8 Å². The van der Waals surface area contributed by atoms with E-state index in [1.54, 1.807) is 13.1 Å². The van der Waals surface area contributed by atoms with Gasteiger partial charge in [0.1, 0.15) is 0 Å². The molecule has 5 nitrogen and oxygen atoms in total. The molecule has 0 aliphatic carbocycles. The van der Waals surface area contributed by atoms with Crippen molar-refractivity contribution in [2.24, 2.45) is 0 Å². The Morgan fingerprint density at radius 3 is 2.72 bits per heavy atom. The number of rotatable bonds is 6. The summed E-state index contributed by atoms with van der Waals surface area (Å²) in [4.78, 5) is 27.9. The zero-order valence-corrected chi connectivity index (χ0v) is 11.7. The van der Waals surface area contributed by atoms with Gasteiger partial charge in [-0.05, 0) is 12.8 Å². The Hall–Kier alpha value is -1.43. The number of esters is 1. The molecule has 0 bridgehead atoms. The van der Waals surface area contributed by atoms with Crippen LogP contribution in [-0.4, -0.2) is 23.5 Å². The van der Waals surface area contributed by atoms with Crippen LogP contribution in [0.2, 0.25) is 0 Å². The highest BCUT2D eigenvalue weighted by molar-refractivity contribution is 7.15. The third-order valence-electron chi connectivity index (χ3n) is 2.20. The second-order valence-electron chi connectivity index (χ2n) is 4.08. The van der Waals surface area contributed by atoms with Crippen LogP contribution >= 0.6 is 11.3 Å². The molecule has 1 rings (SSSR count). The highest BCUT2D eigenvalue weighted by Gasteiger charge is 2.10. The molecule has 18 heavy (non-hydrogen) atoms. The molecule has 0 spiro atoms. The fourth-order valence-electron chi connectivity index (χ4n) is 1.24. The molecule has 0 aliphatic heterocycles. The number of thiazole rings is 1. The lowest BCUT2D eigenvalue weighted by molar-refractivity contribution is -0.144. The highest BCUT2D eigenvalue weighted by atomic mass is 32.1. The minimum atomic E-state index is -0.352. The van der Waals surface area contributed by atoms with E-state index in [0.29, 0.717) is 17.7 Å². The van der Waals surface area contributed by atoms with Crippen LogP contribution in [-0.2, 0) is 14.3 Å². The smallest absolute Gasteiger partial charge is 0.306 e. The van der Waals surface area contributed by atoms with E-state index >= 15 is 0 Å². The van der Waals surface area contributed by atoms with Gasteiger partial charge in [-0.3, -0.25) is 9.59 Å². The van der Waals surface area contributed by atoms with Crippen molar-refractivity contribution in [2.45, 2.75) is 39.5 Å². The van der Waals surface area contributed by atoms with E-state index in [1.165, 1.54) is 11.3 Å². The lowest BCUT2D eigenvalue weighted by Crippen LogP contribution is -2.14. The fourth-order valence-corrected chi connectivity index (χ4v) is 2.08. The van der Waals surface area contributed by atoms with Gasteiger partial charge in [-0.25, -0.2) is 4.98 Å². The topological polar surface area (TPSA) is 68.3 Å². The molecule has 0 saturated heterocycles. The van der Waals surface area contributed by atoms with Crippen LogP contribution in [0, 0.1) is 0 Å². The van der Waals surface area contributed by atoms with Crippen LogP contribution < -0.4 is 5.32 Å². The van der Waals surface area contributed by atoms with Gasteiger partial charge in [-0.2, -0.15) is 0 Å². The molecule has 1 aromatic heterocycles. The normalized spacial score (nSPS) is 10.4.